The van der Waals surface area contributed by atoms with E-state index in [4.69, 9.17) is 0 Å². The van der Waals surface area contributed by atoms with E-state index in [2.05, 4.69) is 49.8 Å². The Morgan fingerprint density at radius 2 is 2.00 bits per heavy atom. The molecule has 0 nitrogen and oxygen atoms in total. The minimum atomic E-state index is 0.785. The summed E-state index contributed by atoms with van der Waals surface area (Å²) in [4.78, 5) is 0. The fourth-order valence-electron chi connectivity index (χ4n) is 0.802. The SMILES string of the molecule is CC[CH]C(I)CC(C)C. The Labute approximate surface area is 72.6 Å². The number of rotatable bonds is 4. The van der Waals surface area contributed by atoms with Crippen LogP contribution in [0.2, 0.25) is 0 Å². The summed E-state index contributed by atoms with van der Waals surface area (Å²) in [5, 5.41) is 0. The van der Waals surface area contributed by atoms with Crippen LogP contribution in [0.3, 0.4) is 0 Å². The van der Waals surface area contributed by atoms with Crippen molar-refractivity contribution >= 4 is 22.6 Å². The van der Waals surface area contributed by atoms with E-state index in [1.165, 1.54) is 12.8 Å². The fourth-order valence-corrected chi connectivity index (χ4v) is 2.33. The molecule has 0 rings (SSSR count). The highest BCUT2D eigenvalue weighted by molar-refractivity contribution is 14.1. The second-order valence-electron chi connectivity index (χ2n) is 2.79. The molecule has 0 aromatic carbocycles. The maximum atomic E-state index is 2.50. The number of hydrogen-bond donors (Lipinski definition) is 0. The van der Waals surface area contributed by atoms with Crippen LogP contribution >= 0.6 is 22.6 Å². The van der Waals surface area contributed by atoms with Crippen LogP contribution < -0.4 is 0 Å². The molecule has 0 heterocycles. The van der Waals surface area contributed by atoms with E-state index < -0.39 is 0 Å². The highest BCUT2D eigenvalue weighted by atomic mass is 127. The molecule has 0 aliphatic rings. The van der Waals surface area contributed by atoms with Crippen molar-refractivity contribution < 1.29 is 0 Å². The first-order valence-corrected chi connectivity index (χ1v) is 4.88. The molecule has 55 valence electrons. The third kappa shape index (κ3) is 6.62. The van der Waals surface area contributed by atoms with Crippen LogP contribution in [0.1, 0.15) is 33.6 Å². The van der Waals surface area contributed by atoms with E-state index in [1.54, 1.807) is 0 Å². The van der Waals surface area contributed by atoms with Crippen molar-refractivity contribution in [2.24, 2.45) is 5.92 Å². The molecule has 0 aliphatic carbocycles. The van der Waals surface area contributed by atoms with Crippen LogP contribution in [0, 0.1) is 12.3 Å². The van der Waals surface area contributed by atoms with E-state index in [0.29, 0.717) is 0 Å². The zero-order valence-corrected chi connectivity index (χ0v) is 8.68. The normalized spacial score (nSPS) is 14.3. The second kappa shape index (κ2) is 5.51. The summed E-state index contributed by atoms with van der Waals surface area (Å²) < 4.78 is 0.785. The Bertz CT molecular complexity index is 59.6. The van der Waals surface area contributed by atoms with Crippen molar-refractivity contribution in [3.8, 4) is 0 Å². The highest BCUT2D eigenvalue weighted by Gasteiger charge is 2.04. The predicted molar refractivity (Wildman–Crippen MR) is 51.9 cm³/mol. The van der Waals surface area contributed by atoms with Gasteiger partial charge in [0.1, 0.15) is 0 Å². The van der Waals surface area contributed by atoms with Gasteiger partial charge in [-0.3, -0.25) is 0 Å². The molecule has 0 N–H and O–H groups in total. The molecule has 1 unspecified atom stereocenters. The minimum Gasteiger partial charge on any atom is -0.0823 e. The summed E-state index contributed by atoms with van der Waals surface area (Å²) >= 11 is 2.50. The van der Waals surface area contributed by atoms with Crippen molar-refractivity contribution in [1.29, 1.82) is 0 Å². The fraction of sp³-hybridized carbons (Fsp3) is 0.875. The van der Waals surface area contributed by atoms with Crippen LogP contribution in [-0.2, 0) is 0 Å². The Balaban J connectivity index is 3.15. The molecule has 0 aromatic rings. The first-order chi connectivity index (χ1) is 4.16. The molecule has 1 atom stereocenters. The van der Waals surface area contributed by atoms with Crippen LogP contribution in [0.5, 0.6) is 0 Å². The Kier molecular flexibility index (Phi) is 5.96. The Morgan fingerprint density at radius 1 is 1.44 bits per heavy atom. The molecule has 0 saturated carbocycles. The molecular formula is C8H16I. The molecule has 0 amide bonds. The lowest BCUT2D eigenvalue weighted by Gasteiger charge is -2.09. The van der Waals surface area contributed by atoms with Crippen molar-refractivity contribution in [2.75, 3.05) is 0 Å². The average molecular weight is 239 g/mol. The number of hydrogen-bond acceptors (Lipinski definition) is 0. The van der Waals surface area contributed by atoms with Gasteiger partial charge in [0.05, 0.1) is 0 Å². The Morgan fingerprint density at radius 3 is 2.33 bits per heavy atom. The summed E-state index contributed by atoms with van der Waals surface area (Å²) in [6.07, 6.45) is 4.91. The van der Waals surface area contributed by atoms with Crippen LogP contribution in [0.25, 0.3) is 0 Å². The smallest absolute Gasteiger partial charge is 0.0143 e. The molecule has 0 fully saturated rings. The predicted octanol–water partition coefficient (Wildman–Crippen LogP) is 3.45. The van der Waals surface area contributed by atoms with Gasteiger partial charge in [0.25, 0.3) is 0 Å². The van der Waals surface area contributed by atoms with Gasteiger partial charge < -0.3 is 0 Å². The third-order valence-electron chi connectivity index (χ3n) is 1.19. The van der Waals surface area contributed by atoms with Crippen LogP contribution in [0.15, 0.2) is 0 Å². The van der Waals surface area contributed by atoms with Gasteiger partial charge in [-0.2, -0.15) is 0 Å². The van der Waals surface area contributed by atoms with Crippen molar-refractivity contribution in [3.05, 3.63) is 6.42 Å². The standard InChI is InChI=1S/C8H16I/c1-4-5-8(9)6-7(2)3/h5,7-8H,4,6H2,1-3H3. The first-order valence-electron chi connectivity index (χ1n) is 3.64. The zero-order chi connectivity index (χ0) is 7.28. The molecule has 1 heteroatoms. The quantitative estimate of drug-likeness (QED) is 0.520. The summed E-state index contributed by atoms with van der Waals surface area (Å²) in [7, 11) is 0. The summed E-state index contributed by atoms with van der Waals surface area (Å²) in [5.74, 6) is 0.842. The number of halogens is 1. The molecular weight excluding hydrogens is 223 g/mol. The van der Waals surface area contributed by atoms with Gasteiger partial charge in [-0.05, 0) is 18.8 Å². The van der Waals surface area contributed by atoms with Crippen molar-refractivity contribution in [1.82, 2.24) is 0 Å². The molecule has 1 radical (unpaired) electrons. The molecule has 9 heavy (non-hydrogen) atoms. The van der Waals surface area contributed by atoms with Crippen molar-refractivity contribution in [3.63, 3.8) is 0 Å². The second-order valence-corrected chi connectivity index (χ2v) is 4.39. The summed E-state index contributed by atoms with van der Waals surface area (Å²) in [5.41, 5.74) is 0. The number of alkyl halides is 1. The van der Waals surface area contributed by atoms with Crippen LogP contribution in [0.4, 0.5) is 0 Å². The summed E-state index contributed by atoms with van der Waals surface area (Å²) in [6, 6.07) is 0. The van der Waals surface area contributed by atoms with Gasteiger partial charge in [-0.15, -0.1) is 0 Å². The summed E-state index contributed by atoms with van der Waals surface area (Å²) in [6.45, 7) is 6.75. The average Bonchev–Trinajstić information content (AvgIpc) is 1.63. The van der Waals surface area contributed by atoms with Gasteiger partial charge >= 0.3 is 0 Å². The minimum absolute atomic E-state index is 0.785. The Hall–Kier alpha value is 0.730. The third-order valence-corrected chi connectivity index (χ3v) is 2.21. The monoisotopic (exact) mass is 239 g/mol. The lowest BCUT2D eigenvalue weighted by molar-refractivity contribution is 0.594. The van der Waals surface area contributed by atoms with Gasteiger partial charge in [-0.25, -0.2) is 0 Å². The van der Waals surface area contributed by atoms with Gasteiger partial charge in [-0.1, -0.05) is 49.8 Å². The van der Waals surface area contributed by atoms with Crippen molar-refractivity contribution in [2.45, 2.75) is 37.5 Å². The molecule has 0 bridgehead atoms. The van der Waals surface area contributed by atoms with Gasteiger partial charge in [0, 0.05) is 3.92 Å². The lowest BCUT2D eigenvalue weighted by Crippen LogP contribution is -2.02. The van der Waals surface area contributed by atoms with Gasteiger partial charge in [0.15, 0.2) is 0 Å². The van der Waals surface area contributed by atoms with Crippen LogP contribution in [-0.4, -0.2) is 3.92 Å². The molecule has 0 spiro atoms. The van der Waals surface area contributed by atoms with E-state index in [1.807, 2.05) is 0 Å². The van der Waals surface area contributed by atoms with E-state index in [-0.39, 0.29) is 0 Å². The van der Waals surface area contributed by atoms with E-state index >= 15 is 0 Å². The van der Waals surface area contributed by atoms with E-state index in [9.17, 15) is 0 Å². The maximum absolute atomic E-state index is 2.50. The highest BCUT2D eigenvalue weighted by Crippen LogP contribution is 2.16. The first kappa shape index (κ1) is 9.73. The van der Waals surface area contributed by atoms with Gasteiger partial charge in [0.2, 0.25) is 0 Å². The zero-order valence-electron chi connectivity index (χ0n) is 6.52. The molecule has 0 aliphatic heterocycles. The molecule has 0 saturated heterocycles. The maximum Gasteiger partial charge on any atom is 0.0143 e. The molecule has 0 aromatic heterocycles. The lowest BCUT2D eigenvalue weighted by atomic mass is 10.1. The van der Waals surface area contributed by atoms with E-state index in [0.717, 1.165) is 9.84 Å². The largest absolute Gasteiger partial charge is 0.0823 e. The topological polar surface area (TPSA) is 0 Å².